The quantitative estimate of drug-likeness (QED) is 0.871. The van der Waals surface area contributed by atoms with Crippen molar-refractivity contribution in [1.82, 2.24) is 15.1 Å². The lowest BCUT2D eigenvalue weighted by Gasteiger charge is -2.32. The average molecular weight is 345 g/mol. The van der Waals surface area contributed by atoms with Gasteiger partial charge < -0.3 is 20.2 Å². The molecule has 1 aromatic carbocycles. The zero-order valence-electron chi connectivity index (χ0n) is 15.2. The van der Waals surface area contributed by atoms with Crippen molar-refractivity contribution in [2.75, 3.05) is 34.2 Å². The van der Waals surface area contributed by atoms with Crippen LogP contribution >= 0.6 is 0 Å². The summed E-state index contributed by atoms with van der Waals surface area (Å²) < 4.78 is 0. The van der Waals surface area contributed by atoms with E-state index in [9.17, 15) is 14.7 Å². The molecule has 25 heavy (non-hydrogen) atoms. The van der Waals surface area contributed by atoms with E-state index in [4.69, 9.17) is 0 Å². The first-order chi connectivity index (χ1) is 11.8. The molecule has 6 heteroatoms. The number of hydrogen-bond donors (Lipinski definition) is 2. The Labute approximate surface area is 148 Å². The summed E-state index contributed by atoms with van der Waals surface area (Å²) in [4.78, 5) is 28.0. The molecule has 1 heterocycles. The summed E-state index contributed by atoms with van der Waals surface area (Å²) in [6.07, 6.45) is 1.67. The Hall–Kier alpha value is -2.08. The molecule has 0 radical (unpaired) electrons. The van der Waals surface area contributed by atoms with Crippen LogP contribution in [0.3, 0.4) is 0 Å². The Kier molecular flexibility index (Phi) is 4.49. The minimum absolute atomic E-state index is 0.00647. The lowest BCUT2D eigenvalue weighted by Crippen LogP contribution is -2.50. The van der Waals surface area contributed by atoms with E-state index in [0.717, 1.165) is 5.56 Å². The number of fused-ring (bicyclic) bond motifs is 1. The van der Waals surface area contributed by atoms with Crippen LogP contribution in [0.4, 0.5) is 4.79 Å². The molecule has 2 amide bonds. The minimum atomic E-state index is -0.776. The number of hydrogen-bond acceptors (Lipinski definition) is 3. The van der Waals surface area contributed by atoms with E-state index in [1.54, 1.807) is 19.0 Å². The predicted molar refractivity (Wildman–Crippen MR) is 95.4 cm³/mol. The molecule has 3 rings (SSSR count). The highest BCUT2D eigenvalue weighted by atomic mass is 16.4. The van der Waals surface area contributed by atoms with Gasteiger partial charge in [-0.1, -0.05) is 30.3 Å². The summed E-state index contributed by atoms with van der Waals surface area (Å²) >= 11 is 0. The molecule has 0 aromatic heterocycles. The molecule has 1 aromatic rings. The molecule has 0 spiro atoms. The molecule has 0 bridgehead atoms. The van der Waals surface area contributed by atoms with Gasteiger partial charge in [-0.25, -0.2) is 4.79 Å². The minimum Gasteiger partial charge on any atom is -0.481 e. The van der Waals surface area contributed by atoms with Crippen LogP contribution in [0, 0.1) is 11.3 Å². The van der Waals surface area contributed by atoms with Crippen LogP contribution in [0.1, 0.15) is 18.4 Å². The topological polar surface area (TPSA) is 72.9 Å². The van der Waals surface area contributed by atoms with E-state index in [0.29, 0.717) is 32.4 Å². The van der Waals surface area contributed by atoms with Crippen LogP contribution in [0.5, 0.6) is 0 Å². The normalized spacial score (nSPS) is 31.0. The highest BCUT2D eigenvalue weighted by Gasteiger charge is 2.61. The van der Waals surface area contributed by atoms with Crippen molar-refractivity contribution in [3.63, 3.8) is 0 Å². The number of urea groups is 1. The maximum absolute atomic E-state index is 12.3. The van der Waals surface area contributed by atoms with Gasteiger partial charge in [0.1, 0.15) is 0 Å². The molecule has 1 aliphatic heterocycles. The summed E-state index contributed by atoms with van der Waals surface area (Å²) in [6.45, 7) is 1.18. The molecular weight excluding hydrogens is 318 g/mol. The second-order valence-corrected chi connectivity index (χ2v) is 7.79. The first kappa shape index (κ1) is 17.7. The van der Waals surface area contributed by atoms with Gasteiger partial charge in [-0.2, -0.15) is 0 Å². The van der Waals surface area contributed by atoms with E-state index in [-0.39, 0.29) is 17.5 Å². The Morgan fingerprint density at radius 3 is 2.52 bits per heavy atom. The number of carboxylic acids is 1. The van der Waals surface area contributed by atoms with Crippen molar-refractivity contribution >= 4 is 12.0 Å². The van der Waals surface area contributed by atoms with Crippen molar-refractivity contribution in [3.05, 3.63) is 35.9 Å². The van der Waals surface area contributed by atoms with Gasteiger partial charge in [0, 0.05) is 32.7 Å². The van der Waals surface area contributed by atoms with E-state index in [2.05, 4.69) is 5.32 Å². The third-order valence-corrected chi connectivity index (χ3v) is 5.98. The monoisotopic (exact) mass is 345 g/mol. The maximum Gasteiger partial charge on any atom is 0.319 e. The number of carbonyl (C=O) groups excluding carboxylic acids is 1. The fourth-order valence-electron chi connectivity index (χ4n) is 4.74. The summed E-state index contributed by atoms with van der Waals surface area (Å²) in [6, 6.07) is 9.82. The van der Waals surface area contributed by atoms with E-state index >= 15 is 0 Å². The third kappa shape index (κ3) is 2.99. The molecule has 2 N–H and O–H groups in total. The Bertz CT molecular complexity index is 663. The van der Waals surface area contributed by atoms with Crippen molar-refractivity contribution in [1.29, 1.82) is 0 Å². The summed E-state index contributed by atoms with van der Waals surface area (Å²) in [5.74, 6) is -0.577. The number of amides is 2. The van der Waals surface area contributed by atoms with E-state index in [1.165, 1.54) is 0 Å². The Morgan fingerprint density at radius 2 is 2.00 bits per heavy atom. The molecule has 3 atom stereocenters. The molecule has 136 valence electrons. The Morgan fingerprint density at radius 1 is 1.32 bits per heavy atom. The van der Waals surface area contributed by atoms with Gasteiger partial charge >= 0.3 is 12.0 Å². The van der Waals surface area contributed by atoms with Gasteiger partial charge in [0.2, 0.25) is 0 Å². The van der Waals surface area contributed by atoms with Crippen LogP contribution in [0.15, 0.2) is 30.3 Å². The van der Waals surface area contributed by atoms with E-state index < -0.39 is 11.4 Å². The number of benzene rings is 1. The van der Waals surface area contributed by atoms with Crippen molar-refractivity contribution in [2.24, 2.45) is 11.3 Å². The van der Waals surface area contributed by atoms with Gasteiger partial charge in [0.25, 0.3) is 0 Å². The molecule has 1 aliphatic carbocycles. The SMILES string of the molecule is CN[C@]12CN(C(=O)N(C)C)C[C@H]1C[C@@](Cc1ccccc1)(C(=O)O)C2. The second-order valence-electron chi connectivity index (χ2n) is 7.79. The van der Waals surface area contributed by atoms with Gasteiger partial charge in [-0.3, -0.25) is 4.79 Å². The third-order valence-electron chi connectivity index (χ3n) is 5.98. The van der Waals surface area contributed by atoms with Crippen LogP contribution in [-0.4, -0.2) is 66.7 Å². The molecule has 0 unspecified atom stereocenters. The van der Waals surface area contributed by atoms with Gasteiger partial charge in [-0.15, -0.1) is 0 Å². The predicted octanol–water partition coefficient (Wildman–Crippen LogP) is 1.67. The zero-order chi connectivity index (χ0) is 18.2. The first-order valence-electron chi connectivity index (χ1n) is 8.74. The number of nitrogens with zero attached hydrogens (tertiary/aromatic N) is 2. The second kappa shape index (κ2) is 6.33. The van der Waals surface area contributed by atoms with Crippen LogP contribution in [-0.2, 0) is 11.2 Å². The van der Waals surface area contributed by atoms with Crippen LogP contribution in [0.25, 0.3) is 0 Å². The highest BCUT2D eigenvalue weighted by Crippen LogP contribution is 2.53. The molecule has 2 aliphatic rings. The lowest BCUT2D eigenvalue weighted by atomic mass is 9.78. The summed E-state index contributed by atoms with van der Waals surface area (Å²) in [7, 11) is 5.38. The number of likely N-dealkylation sites (tertiary alicyclic amines) is 1. The fraction of sp³-hybridized carbons (Fsp3) is 0.579. The molecule has 1 saturated carbocycles. The van der Waals surface area contributed by atoms with E-state index in [1.807, 2.05) is 42.3 Å². The van der Waals surface area contributed by atoms with Gasteiger partial charge in [-0.05, 0) is 37.8 Å². The highest BCUT2D eigenvalue weighted by molar-refractivity contribution is 5.77. The van der Waals surface area contributed by atoms with Gasteiger partial charge in [0.05, 0.1) is 5.41 Å². The zero-order valence-corrected chi connectivity index (χ0v) is 15.2. The molecule has 2 fully saturated rings. The molecular formula is C19H27N3O3. The van der Waals surface area contributed by atoms with Crippen molar-refractivity contribution < 1.29 is 14.7 Å². The van der Waals surface area contributed by atoms with Crippen molar-refractivity contribution in [2.45, 2.75) is 24.8 Å². The number of rotatable bonds is 4. The standard InChI is InChI=1S/C19H27N3O3/c1-20-19-12-18(16(23)24,9-14-7-5-4-6-8-14)10-15(19)11-22(13-19)17(25)21(2)3/h4-8,15,20H,9-13H2,1-3H3,(H,23,24)/t15-,18-,19-/m1/s1. The molecule has 1 saturated heterocycles. The Balaban J connectivity index is 1.85. The fourth-order valence-corrected chi connectivity index (χ4v) is 4.74. The largest absolute Gasteiger partial charge is 0.481 e. The van der Waals surface area contributed by atoms with Gasteiger partial charge in [0.15, 0.2) is 0 Å². The van der Waals surface area contributed by atoms with Crippen LogP contribution < -0.4 is 5.32 Å². The smallest absolute Gasteiger partial charge is 0.319 e. The maximum atomic E-state index is 12.3. The van der Waals surface area contributed by atoms with Crippen LogP contribution in [0.2, 0.25) is 0 Å². The number of carbonyl (C=O) groups is 2. The lowest BCUT2D eigenvalue weighted by molar-refractivity contribution is -0.149. The average Bonchev–Trinajstić information content (AvgIpc) is 3.07. The van der Waals surface area contributed by atoms with Crippen molar-refractivity contribution in [3.8, 4) is 0 Å². The molecule has 6 nitrogen and oxygen atoms in total. The summed E-state index contributed by atoms with van der Waals surface area (Å²) in [5, 5.41) is 13.4. The first-order valence-corrected chi connectivity index (χ1v) is 8.74. The number of likely N-dealkylation sites (N-methyl/N-ethyl adjacent to an activating group) is 1. The number of carboxylic acid groups (broad SMARTS) is 1. The number of aliphatic carboxylic acids is 1. The number of nitrogens with one attached hydrogen (secondary N) is 1. The summed E-state index contributed by atoms with van der Waals surface area (Å²) in [5.41, 5.74) is -0.0430.